The van der Waals surface area contributed by atoms with Gasteiger partial charge in [0.2, 0.25) is 0 Å². The fourth-order valence-electron chi connectivity index (χ4n) is 2.52. The second-order valence-corrected chi connectivity index (χ2v) is 5.98. The molecule has 0 aromatic heterocycles. The number of urea groups is 1. The number of nitriles is 1. The van der Waals surface area contributed by atoms with Crippen molar-refractivity contribution in [3.8, 4) is 6.07 Å². The molecule has 0 aliphatic carbocycles. The Bertz CT molecular complexity index is 564. The predicted octanol–water partition coefficient (Wildman–Crippen LogP) is 2.83. The summed E-state index contributed by atoms with van der Waals surface area (Å²) in [5, 5.41) is 11.8. The third kappa shape index (κ3) is 3.77. The van der Waals surface area contributed by atoms with E-state index in [-0.39, 0.29) is 17.7 Å². The summed E-state index contributed by atoms with van der Waals surface area (Å²) >= 11 is 0. The molecule has 0 saturated carbocycles. The van der Waals surface area contributed by atoms with E-state index in [0.29, 0.717) is 25.3 Å². The number of amides is 2. The number of nitrogens with zero attached hydrogens (tertiary/aromatic N) is 2. The number of hydrogen-bond acceptors (Lipinski definition) is 3. The quantitative estimate of drug-likeness (QED) is 0.933. The third-order valence-electron chi connectivity index (χ3n) is 4.25. The number of carbonyl (C=O) groups is 1. The number of ether oxygens (including phenoxy) is 1. The van der Waals surface area contributed by atoms with Crippen molar-refractivity contribution in [2.45, 2.75) is 38.8 Å². The highest BCUT2D eigenvalue weighted by Gasteiger charge is 2.32. The maximum Gasteiger partial charge on any atom is 0.318 e. The minimum Gasteiger partial charge on any atom is -0.372 e. The van der Waals surface area contributed by atoms with E-state index in [1.54, 1.807) is 12.1 Å². The molecule has 22 heavy (non-hydrogen) atoms. The number of carbonyl (C=O) groups excluding carboxylic acids is 1. The van der Waals surface area contributed by atoms with Gasteiger partial charge in [-0.1, -0.05) is 19.1 Å². The molecule has 5 nitrogen and oxygen atoms in total. The highest BCUT2D eigenvalue weighted by molar-refractivity contribution is 5.75. The standard InChI is InChI=1S/C17H23N3O2/c1-4-17(3)12-20(9-10-22-17)16(21)19-13(2)15-7-5-14(11-18)6-8-15/h5-8,13H,4,9-10,12H2,1-3H3,(H,19,21)/t13-,17+/m0/s1. The van der Waals surface area contributed by atoms with Crippen LogP contribution >= 0.6 is 0 Å². The number of rotatable bonds is 3. The number of morpholine rings is 1. The van der Waals surface area contributed by atoms with Gasteiger partial charge in [-0.25, -0.2) is 4.79 Å². The lowest BCUT2D eigenvalue weighted by Gasteiger charge is -2.40. The van der Waals surface area contributed by atoms with Gasteiger partial charge in [-0.2, -0.15) is 5.26 Å². The summed E-state index contributed by atoms with van der Waals surface area (Å²) in [6, 6.07) is 9.20. The Kier molecular flexibility index (Phi) is 5.04. The lowest BCUT2D eigenvalue weighted by molar-refractivity contribution is -0.0874. The molecule has 1 aromatic carbocycles. The Balaban J connectivity index is 1.97. The molecule has 1 saturated heterocycles. The fraction of sp³-hybridized carbons (Fsp3) is 0.529. The van der Waals surface area contributed by atoms with E-state index in [0.717, 1.165) is 12.0 Å². The average Bonchev–Trinajstić information content (AvgIpc) is 2.55. The van der Waals surface area contributed by atoms with E-state index >= 15 is 0 Å². The van der Waals surface area contributed by atoms with Gasteiger partial charge in [0, 0.05) is 6.54 Å². The monoisotopic (exact) mass is 301 g/mol. The summed E-state index contributed by atoms with van der Waals surface area (Å²) in [4.78, 5) is 14.2. The number of nitrogens with one attached hydrogen (secondary N) is 1. The number of benzene rings is 1. The van der Waals surface area contributed by atoms with Crippen LogP contribution in [0.1, 0.15) is 44.4 Å². The summed E-state index contributed by atoms with van der Waals surface area (Å²) in [5.74, 6) is 0. The highest BCUT2D eigenvalue weighted by Crippen LogP contribution is 2.21. The fourth-order valence-corrected chi connectivity index (χ4v) is 2.52. The van der Waals surface area contributed by atoms with Crippen molar-refractivity contribution in [3.05, 3.63) is 35.4 Å². The Morgan fingerprint density at radius 1 is 1.50 bits per heavy atom. The minimum atomic E-state index is -0.257. The topological polar surface area (TPSA) is 65.4 Å². The van der Waals surface area contributed by atoms with Crippen molar-refractivity contribution < 1.29 is 9.53 Å². The Labute approximate surface area is 131 Å². The first-order chi connectivity index (χ1) is 10.5. The molecule has 2 rings (SSSR count). The molecule has 2 atom stereocenters. The zero-order valence-corrected chi connectivity index (χ0v) is 13.4. The van der Waals surface area contributed by atoms with Crippen LogP contribution in [0, 0.1) is 11.3 Å². The summed E-state index contributed by atoms with van der Waals surface area (Å²) in [7, 11) is 0. The molecule has 118 valence electrons. The third-order valence-corrected chi connectivity index (χ3v) is 4.25. The van der Waals surface area contributed by atoms with Gasteiger partial charge in [-0.3, -0.25) is 0 Å². The Morgan fingerprint density at radius 2 is 2.18 bits per heavy atom. The largest absolute Gasteiger partial charge is 0.372 e. The van der Waals surface area contributed by atoms with E-state index in [4.69, 9.17) is 10.00 Å². The maximum atomic E-state index is 12.4. The highest BCUT2D eigenvalue weighted by atomic mass is 16.5. The van der Waals surface area contributed by atoms with Crippen LogP contribution < -0.4 is 5.32 Å². The van der Waals surface area contributed by atoms with Crippen molar-refractivity contribution in [1.82, 2.24) is 10.2 Å². The van der Waals surface area contributed by atoms with Crippen molar-refractivity contribution >= 4 is 6.03 Å². The van der Waals surface area contributed by atoms with E-state index in [1.165, 1.54) is 0 Å². The normalized spacial score (nSPS) is 22.7. The molecular weight excluding hydrogens is 278 g/mol. The van der Waals surface area contributed by atoms with Gasteiger partial charge in [0.25, 0.3) is 0 Å². The summed E-state index contributed by atoms with van der Waals surface area (Å²) < 4.78 is 5.76. The molecule has 1 aliphatic rings. The molecule has 1 heterocycles. The average molecular weight is 301 g/mol. The second-order valence-electron chi connectivity index (χ2n) is 5.98. The molecule has 1 aliphatic heterocycles. The molecule has 1 fully saturated rings. The molecule has 1 aromatic rings. The molecule has 1 N–H and O–H groups in total. The van der Waals surface area contributed by atoms with Crippen LogP contribution in [0.5, 0.6) is 0 Å². The molecule has 0 radical (unpaired) electrons. The molecule has 2 amide bonds. The number of hydrogen-bond donors (Lipinski definition) is 1. The summed E-state index contributed by atoms with van der Waals surface area (Å²) in [5.41, 5.74) is 1.35. The van der Waals surface area contributed by atoms with Crippen LogP contribution in [0.4, 0.5) is 4.79 Å². The maximum absolute atomic E-state index is 12.4. The van der Waals surface area contributed by atoms with Crippen LogP contribution in [-0.2, 0) is 4.74 Å². The summed E-state index contributed by atoms with van der Waals surface area (Å²) in [6.45, 7) is 7.84. The SMILES string of the molecule is CC[C@]1(C)CN(C(=O)N[C@@H](C)c2ccc(C#N)cc2)CCO1. The van der Waals surface area contributed by atoms with Crippen LogP contribution in [0.3, 0.4) is 0 Å². The van der Waals surface area contributed by atoms with Gasteiger partial charge in [-0.05, 0) is 38.0 Å². The van der Waals surface area contributed by atoms with E-state index in [9.17, 15) is 4.79 Å². The van der Waals surface area contributed by atoms with Gasteiger partial charge in [0.15, 0.2) is 0 Å². The Hall–Kier alpha value is -2.06. The predicted molar refractivity (Wildman–Crippen MR) is 84.3 cm³/mol. The van der Waals surface area contributed by atoms with Gasteiger partial charge >= 0.3 is 6.03 Å². The lowest BCUT2D eigenvalue weighted by atomic mass is 10.0. The van der Waals surface area contributed by atoms with Crippen molar-refractivity contribution in [1.29, 1.82) is 5.26 Å². The second kappa shape index (κ2) is 6.80. The van der Waals surface area contributed by atoms with Gasteiger partial charge < -0.3 is 15.0 Å². The van der Waals surface area contributed by atoms with Crippen molar-refractivity contribution in [2.75, 3.05) is 19.7 Å². The van der Waals surface area contributed by atoms with Crippen molar-refractivity contribution in [3.63, 3.8) is 0 Å². The first-order valence-electron chi connectivity index (χ1n) is 7.67. The van der Waals surface area contributed by atoms with Crippen LogP contribution in [0.15, 0.2) is 24.3 Å². The first-order valence-corrected chi connectivity index (χ1v) is 7.67. The zero-order valence-electron chi connectivity index (χ0n) is 13.4. The van der Waals surface area contributed by atoms with Crippen LogP contribution in [-0.4, -0.2) is 36.2 Å². The van der Waals surface area contributed by atoms with E-state index in [1.807, 2.05) is 30.9 Å². The molecule has 0 bridgehead atoms. The van der Waals surface area contributed by atoms with Gasteiger partial charge in [-0.15, -0.1) is 0 Å². The molecule has 0 unspecified atom stereocenters. The molecule has 5 heteroatoms. The summed E-state index contributed by atoms with van der Waals surface area (Å²) in [6.07, 6.45) is 0.877. The molecule has 0 spiro atoms. The molecular formula is C17H23N3O2. The van der Waals surface area contributed by atoms with Gasteiger partial charge in [0.05, 0.1) is 36.4 Å². The van der Waals surface area contributed by atoms with Crippen LogP contribution in [0.2, 0.25) is 0 Å². The van der Waals surface area contributed by atoms with Crippen molar-refractivity contribution in [2.24, 2.45) is 0 Å². The van der Waals surface area contributed by atoms with E-state index < -0.39 is 0 Å². The van der Waals surface area contributed by atoms with Crippen LogP contribution in [0.25, 0.3) is 0 Å². The zero-order chi connectivity index (χ0) is 16.2. The van der Waals surface area contributed by atoms with Gasteiger partial charge in [0.1, 0.15) is 0 Å². The smallest absolute Gasteiger partial charge is 0.318 e. The first kappa shape index (κ1) is 16.3. The minimum absolute atomic E-state index is 0.0696. The van der Waals surface area contributed by atoms with E-state index in [2.05, 4.69) is 18.3 Å². The lowest BCUT2D eigenvalue weighted by Crippen LogP contribution is -2.54. The Morgan fingerprint density at radius 3 is 2.77 bits per heavy atom.